The van der Waals surface area contributed by atoms with Gasteiger partial charge in [0.05, 0.1) is 0 Å². The maximum Gasteiger partial charge on any atom is 0.227 e. The molecule has 0 saturated heterocycles. The van der Waals surface area contributed by atoms with Gasteiger partial charge in [0.25, 0.3) is 0 Å². The van der Waals surface area contributed by atoms with Crippen molar-refractivity contribution in [3.05, 3.63) is 24.0 Å². The fourth-order valence-corrected chi connectivity index (χ4v) is 2.55. The van der Waals surface area contributed by atoms with E-state index in [4.69, 9.17) is 5.11 Å². The standard InChI is InChI=1S/C15H20FNO2/c16-13-10-12(8-9-14(13)18)17-15(19)11-6-4-2-1-3-5-7-11/h8-11,18H,1-7H2,(H,17,19). The van der Waals surface area contributed by atoms with Gasteiger partial charge in [-0.2, -0.15) is 0 Å². The number of rotatable bonds is 2. The van der Waals surface area contributed by atoms with Crippen LogP contribution in [0.25, 0.3) is 0 Å². The molecular formula is C15H20FNO2. The molecule has 2 rings (SSSR count). The lowest BCUT2D eigenvalue weighted by Gasteiger charge is -2.19. The smallest absolute Gasteiger partial charge is 0.227 e. The number of carbonyl (C=O) groups is 1. The van der Waals surface area contributed by atoms with Crippen molar-refractivity contribution in [2.24, 2.45) is 5.92 Å². The summed E-state index contributed by atoms with van der Waals surface area (Å²) in [5, 5.41) is 11.8. The van der Waals surface area contributed by atoms with Gasteiger partial charge in [0.2, 0.25) is 5.91 Å². The molecular weight excluding hydrogens is 245 g/mol. The number of carbonyl (C=O) groups excluding carboxylic acids is 1. The summed E-state index contributed by atoms with van der Waals surface area (Å²) in [7, 11) is 0. The van der Waals surface area contributed by atoms with E-state index in [2.05, 4.69) is 5.32 Å². The highest BCUT2D eigenvalue weighted by atomic mass is 19.1. The Morgan fingerprint density at radius 1 is 1.16 bits per heavy atom. The summed E-state index contributed by atoms with van der Waals surface area (Å²) < 4.78 is 13.2. The summed E-state index contributed by atoms with van der Waals surface area (Å²) in [6.07, 6.45) is 7.63. The molecule has 104 valence electrons. The molecule has 1 aromatic carbocycles. The molecule has 1 amide bonds. The van der Waals surface area contributed by atoms with Gasteiger partial charge in [-0.3, -0.25) is 4.79 Å². The second kappa shape index (κ2) is 6.55. The number of phenols is 1. The zero-order valence-electron chi connectivity index (χ0n) is 11.0. The molecule has 0 atom stereocenters. The van der Waals surface area contributed by atoms with Crippen LogP contribution in [-0.2, 0) is 4.79 Å². The first-order valence-electron chi connectivity index (χ1n) is 6.96. The summed E-state index contributed by atoms with van der Waals surface area (Å²) >= 11 is 0. The summed E-state index contributed by atoms with van der Waals surface area (Å²) in [4.78, 5) is 12.1. The van der Waals surface area contributed by atoms with Gasteiger partial charge in [-0.25, -0.2) is 4.39 Å². The van der Waals surface area contributed by atoms with E-state index in [1.807, 2.05) is 0 Å². The number of hydrogen-bond acceptors (Lipinski definition) is 2. The number of hydrogen-bond donors (Lipinski definition) is 2. The van der Waals surface area contributed by atoms with Crippen molar-refractivity contribution < 1.29 is 14.3 Å². The molecule has 19 heavy (non-hydrogen) atoms. The SMILES string of the molecule is O=C(Nc1ccc(O)c(F)c1)C1CCCCCCC1. The van der Waals surface area contributed by atoms with Crippen LogP contribution in [0.5, 0.6) is 5.75 Å². The average Bonchev–Trinajstić information content (AvgIpc) is 2.33. The van der Waals surface area contributed by atoms with Crippen molar-refractivity contribution in [3.63, 3.8) is 0 Å². The molecule has 0 aliphatic heterocycles. The molecule has 0 heterocycles. The Labute approximate surface area is 112 Å². The number of phenolic OH excluding ortho intramolecular Hbond substituents is 1. The van der Waals surface area contributed by atoms with Gasteiger partial charge in [0.15, 0.2) is 11.6 Å². The van der Waals surface area contributed by atoms with Crippen LogP contribution < -0.4 is 5.32 Å². The summed E-state index contributed by atoms with van der Waals surface area (Å²) in [6.45, 7) is 0. The average molecular weight is 265 g/mol. The highest BCUT2D eigenvalue weighted by Gasteiger charge is 2.19. The molecule has 3 nitrogen and oxygen atoms in total. The quantitative estimate of drug-likeness (QED) is 0.798. The monoisotopic (exact) mass is 265 g/mol. The van der Waals surface area contributed by atoms with Gasteiger partial charge in [0.1, 0.15) is 0 Å². The van der Waals surface area contributed by atoms with Crippen molar-refractivity contribution in [1.29, 1.82) is 0 Å². The minimum Gasteiger partial charge on any atom is -0.505 e. The van der Waals surface area contributed by atoms with Crippen molar-refractivity contribution in [1.82, 2.24) is 0 Å². The van der Waals surface area contributed by atoms with Gasteiger partial charge in [0, 0.05) is 17.7 Å². The zero-order valence-corrected chi connectivity index (χ0v) is 11.0. The van der Waals surface area contributed by atoms with Crippen LogP contribution in [0.1, 0.15) is 44.9 Å². The Morgan fingerprint density at radius 3 is 2.42 bits per heavy atom. The molecule has 1 aliphatic carbocycles. The molecule has 0 unspecified atom stereocenters. The second-order valence-corrected chi connectivity index (χ2v) is 5.20. The molecule has 1 fully saturated rings. The Hall–Kier alpha value is -1.58. The fourth-order valence-electron chi connectivity index (χ4n) is 2.55. The van der Waals surface area contributed by atoms with E-state index in [1.54, 1.807) is 0 Å². The molecule has 1 aliphatic rings. The summed E-state index contributed by atoms with van der Waals surface area (Å²) in [6, 6.07) is 3.92. The van der Waals surface area contributed by atoms with E-state index in [0.717, 1.165) is 31.7 Å². The Morgan fingerprint density at radius 2 is 1.79 bits per heavy atom. The third-order valence-corrected chi connectivity index (χ3v) is 3.69. The Kier molecular flexibility index (Phi) is 4.77. The molecule has 1 saturated carbocycles. The first kappa shape index (κ1) is 13.8. The van der Waals surface area contributed by atoms with Gasteiger partial charge < -0.3 is 10.4 Å². The number of aromatic hydroxyl groups is 1. The van der Waals surface area contributed by atoms with Gasteiger partial charge >= 0.3 is 0 Å². The number of halogens is 1. The molecule has 0 spiro atoms. The normalized spacial score (nSPS) is 17.5. The van der Waals surface area contributed by atoms with Crippen molar-refractivity contribution in [2.75, 3.05) is 5.32 Å². The zero-order chi connectivity index (χ0) is 13.7. The molecule has 0 radical (unpaired) electrons. The van der Waals surface area contributed by atoms with E-state index in [9.17, 15) is 9.18 Å². The van der Waals surface area contributed by atoms with Gasteiger partial charge in [-0.05, 0) is 25.0 Å². The maximum atomic E-state index is 13.2. The second-order valence-electron chi connectivity index (χ2n) is 5.20. The van der Waals surface area contributed by atoms with E-state index in [0.29, 0.717) is 5.69 Å². The topological polar surface area (TPSA) is 49.3 Å². The van der Waals surface area contributed by atoms with E-state index < -0.39 is 11.6 Å². The van der Waals surface area contributed by atoms with Crippen LogP contribution in [0, 0.1) is 11.7 Å². The van der Waals surface area contributed by atoms with E-state index in [1.165, 1.54) is 31.4 Å². The van der Waals surface area contributed by atoms with E-state index >= 15 is 0 Å². The molecule has 0 bridgehead atoms. The molecule has 2 N–H and O–H groups in total. The number of amides is 1. The maximum absolute atomic E-state index is 13.2. The Balaban J connectivity index is 1.96. The fraction of sp³-hybridized carbons (Fsp3) is 0.533. The molecule has 1 aromatic rings. The van der Waals surface area contributed by atoms with E-state index in [-0.39, 0.29) is 11.8 Å². The summed E-state index contributed by atoms with van der Waals surface area (Å²) in [5.41, 5.74) is 0.405. The number of benzene rings is 1. The lowest BCUT2D eigenvalue weighted by atomic mass is 9.90. The van der Waals surface area contributed by atoms with Crippen molar-refractivity contribution in [2.45, 2.75) is 44.9 Å². The van der Waals surface area contributed by atoms with Crippen LogP contribution in [0.4, 0.5) is 10.1 Å². The minimum absolute atomic E-state index is 0.0252. The highest BCUT2D eigenvalue weighted by molar-refractivity contribution is 5.92. The first-order valence-corrected chi connectivity index (χ1v) is 6.96. The van der Waals surface area contributed by atoms with Crippen LogP contribution in [-0.4, -0.2) is 11.0 Å². The molecule has 4 heteroatoms. The predicted molar refractivity (Wildman–Crippen MR) is 72.5 cm³/mol. The lowest BCUT2D eigenvalue weighted by molar-refractivity contribution is -0.120. The minimum atomic E-state index is -0.713. The highest BCUT2D eigenvalue weighted by Crippen LogP contribution is 2.25. The van der Waals surface area contributed by atoms with Crippen molar-refractivity contribution >= 4 is 11.6 Å². The lowest BCUT2D eigenvalue weighted by Crippen LogP contribution is -2.23. The van der Waals surface area contributed by atoms with Crippen LogP contribution in [0.15, 0.2) is 18.2 Å². The van der Waals surface area contributed by atoms with Crippen molar-refractivity contribution in [3.8, 4) is 5.75 Å². The summed E-state index contributed by atoms with van der Waals surface area (Å²) in [5.74, 6) is -1.12. The van der Waals surface area contributed by atoms with Crippen LogP contribution in [0.2, 0.25) is 0 Å². The number of nitrogens with one attached hydrogen (secondary N) is 1. The third kappa shape index (κ3) is 3.94. The largest absolute Gasteiger partial charge is 0.505 e. The van der Waals surface area contributed by atoms with Gasteiger partial charge in [-0.15, -0.1) is 0 Å². The first-order chi connectivity index (χ1) is 9.16. The predicted octanol–water partition coefficient (Wildman–Crippen LogP) is 3.83. The number of anilines is 1. The van der Waals surface area contributed by atoms with Crippen LogP contribution in [0.3, 0.4) is 0 Å². The molecule has 0 aromatic heterocycles. The van der Waals surface area contributed by atoms with Gasteiger partial charge in [-0.1, -0.05) is 32.1 Å². The third-order valence-electron chi connectivity index (χ3n) is 3.69. The van der Waals surface area contributed by atoms with Crippen LogP contribution >= 0.6 is 0 Å². The Bertz CT molecular complexity index is 440.